The van der Waals surface area contributed by atoms with Crippen molar-refractivity contribution in [1.82, 2.24) is 15.5 Å². The second-order valence-corrected chi connectivity index (χ2v) is 7.84. The summed E-state index contributed by atoms with van der Waals surface area (Å²) in [5.74, 6) is 0.197. The third-order valence-corrected chi connectivity index (χ3v) is 6.01. The van der Waals surface area contributed by atoms with Gasteiger partial charge in [-0.2, -0.15) is 0 Å². The number of piperidine rings is 1. The van der Waals surface area contributed by atoms with Crippen LogP contribution < -0.4 is 10.6 Å². The number of carbonyl (C=O) groups is 1. The van der Waals surface area contributed by atoms with Crippen molar-refractivity contribution in [2.45, 2.75) is 38.3 Å². The molecule has 128 valence electrons. The van der Waals surface area contributed by atoms with Crippen LogP contribution in [0.15, 0.2) is 17.5 Å². The van der Waals surface area contributed by atoms with E-state index in [0.29, 0.717) is 24.9 Å². The lowest BCUT2D eigenvalue weighted by molar-refractivity contribution is -0.134. The van der Waals surface area contributed by atoms with Crippen molar-refractivity contribution in [2.24, 2.45) is 5.41 Å². The van der Waals surface area contributed by atoms with E-state index >= 15 is 0 Å². The van der Waals surface area contributed by atoms with E-state index in [1.165, 1.54) is 4.88 Å². The Kier molecular flexibility index (Phi) is 5.69. The number of amides is 1. The second-order valence-electron chi connectivity index (χ2n) is 6.80. The zero-order valence-electron chi connectivity index (χ0n) is 13.6. The number of hydrogen-bond acceptors (Lipinski definition) is 5. The van der Waals surface area contributed by atoms with Gasteiger partial charge in [0.1, 0.15) is 0 Å². The van der Waals surface area contributed by atoms with Gasteiger partial charge in [0, 0.05) is 24.6 Å². The minimum absolute atomic E-state index is 0.0632. The van der Waals surface area contributed by atoms with Crippen molar-refractivity contribution in [3.05, 3.63) is 22.4 Å². The molecule has 3 N–H and O–H groups in total. The van der Waals surface area contributed by atoms with Gasteiger partial charge in [-0.3, -0.25) is 4.79 Å². The molecule has 0 bridgehead atoms. The van der Waals surface area contributed by atoms with Crippen LogP contribution in [0.25, 0.3) is 0 Å². The first kappa shape index (κ1) is 16.9. The number of aliphatic hydroxyl groups excluding tert-OH is 1. The van der Waals surface area contributed by atoms with Crippen molar-refractivity contribution in [3.63, 3.8) is 0 Å². The van der Waals surface area contributed by atoms with Crippen molar-refractivity contribution >= 4 is 17.2 Å². The van der Waals surface area contributed by atoms with Crippen LogP contribution in [0, 0.1) is 5.41 Å². The van der Waals surface area contributed by atoms with Crippen molar-refractivity contribution in [3.8, 4) is 0 Å². The van der Waals surface area contributed by atoms with E-state index in [2.05, 4.69) is 16.7 Å². The van der Waals surface area contributed by atoms with Crippen LogP contribution >= 0.6 is 11.3 Å². The maximum atomic E-state index is 13.0. The zero-order valence-corrected chi connectivity index (χ0v) is 14.4. The third kappa shape index (κ3) is 4.12. The molecule has 0 unspecified atom stereocenters. The Bertz CT molecular complexity index is 500. The summed E-state index contributed by atoms with van der Waals surface area (Å²) in [5, 5.41) is 18.1. The molecule has 23 heavy (non-hydrogen) atoms. The summed E-state index contributed by atoms with van der Waals surface area (Å²) >= 11 is 1.68. The zero-order chi connectivity index (χ0) is 16.1. The number of nitrogens with zero attached hydrogens (tertiary/aromatic N) is 1. The van der Waals surface area contributed by atoms with Gasteiger partial charge in [0.15, 0.2) is 0 Å². The molecule has 0 saturated carbocycles. The van der Waals surface area contributed by atoms with Gasteiger partial charge in [0.2, 0.25) is 5.91 Å². The van der Waals surface area contributed by atoms with Gasteiger partial charge in [-0.15, -0.1) is 11.3 Å². The van der Waals surface area contributed by atoms with Crippen LogP contribution in [0.1, 0.15) is 30.6 Å². The third-order valence-electron chi connectivity index (χ3n) is 5.15. The van der Waals surface area contributed by atoms with Crippen molar-refractivity contribution in [1.29, 1.82) is 0 Å². The molecule has 2 saturated heterocycles. The Morgan fingerprint density at radius 3 is 2.96 bits per heavy atom. The number of rotatable bonds is 6. The van der Waals surface area contributed by atoms with Crippen LogP contribution in [0.5, 0.6) is 0 Å². The van der Waals surface area contributed by atoms with Gasteiger partial charge in [-0.05, 0) is 55.6 Å². The molecule has 6 heteroatoms. The molecule has 5 nitrogen and oxygen atoms in total. The van der Waals surface area contributed by atoms with Crippen LogP contribution in [-0.2, 0) is 11.3 Å². The highest BCUT2D eigenvalue weighted by molar-refractivity contribution is 7.09. The number of nitrogens with one attached hydrogen (secondary N) is 2. The quantitative estimate of drug-likeness (QED) is 0.730. The van der Waals surface area contributed by atoms with E-state index in [0.717, 1.165) is 38.9 Å². The topological polar surface area (TPSA) is 64.6 Å². The summed E-state index contributed by atoms with van der Waals surface area (Å²) in [6, 6.07) is 4.03. The molecule has 3 rings (SSSR count). The van der Waals surface area contributed by atoms with E-state index < -0.39 is 0 Å². The smallest absolute Gasteiger partial charge is 0.240 e. The summed E-state index contributed by atoms with van der Waals surface area (Å²) in [6.07, 6.45) is 3.91. The molecule has 0 aromatic carbocycles. The number of carbonyl (C=O) groups excluding carboxylic acids is 1. The standard InChI is InChI=1S/C17H27N3O2S/c21-9-2-8-20(12-14-3-1-10-23-14)16(22)15-11-17(13-19-15)4-6-18-7-5-17/h1,3,10,15,18-19,21H,2,4-9,11-13H2/t15-/m1/s1. The number of aliphatic hydroxyl groups is 1. The molecule has 2 aliphatic heterocycles. The first-order valence-corrected chi connectivity index (χ1v) is 9.47. The fourth-order valence-corrected chi connectivity index (χ4v) is 4.49. The van der Waals surface area contributed by atoms with Crippen molar-refractivity contribution < 1.29 is 9.90 Å². The largest absolute Gasteiger partial charge is 0.396 e. The van der Waals surface area contributed by atoms with Gasteiger partial charge in [-0.25, -0.2) is 0 Å². The number of hydrogen-bond donors (Lipinski definition) is 3. The van der Waals surface area contributed by atoms with E-state index in [4.69, 9.17) is 5.11 Å². The normalized spacial score (nSPS) is 23.3. The van der Waals surface area contributed by atoms with Gasteiger partial charge in [-0.1, -0.05) is 6.07 Å². The summed E-state index contributed by atoms with van der Waals surface area (Å²) in [6.45, 7) is 4.49. The lowest BCUT2D eigenvalue weighted by Crippen LogP contribution is -2.43. The van der Waals surface area contributed by atoms with Crippen LogP contribution in [0.2, 0.25) is 0 Å². The van der Waals surface area contributed by atoms with Gasteiger partial charge >= 0.3 is 0 Å². The fourth-order valence-electron chi connectivity index (χ4n) is 3.77. The fraction of sp³-hybridized carbons (Fsp3) is 0.706. The summed E-state index contributed by atoms with van der Waals surface area (Å²) < 4.78 is 0. The predicted octanol–water partition coefficient (Wildman–Crippen LogP) is 1.19. The SMILES string of the molecule is O=C([C@H]1CC2(CCNCC2)CN1)N(CCCO)Cc1cccs1. The predicted molar refractivity (Wildman–Crippen MR) is 92.4 cm³/mol. The molecule has 0 radical (unpaired) electrons. The van der Waals surface area contributed by atoms with Gasteiger partial charge < -0.3 is 20.6 Å². The molecule has 0 aliphatic carbocycles. The minimum atomic E-state index is -0.0632. The lowest BCUT2D eigenvalue weighted by atomic mass is 9.77. The van der Waals surface area contributed by atoms with Crippen molar-refractivity contribution in [2.75, 3.05) is 32.8 Å². The Hall–Kier alpha value is -0.950. The highest BCUT2D eigenvalue weighted by Gasteiger charge is 2.43. The lowest BCUT2D eigenvalue weighted by Gasteiger charge is -2.33. The van der Waals surface area contributed by atoms with Crippen LogP contribution in [0.3, 0.4) is 0 Å². The van der Waals surface area contributed by atoms with E-state index in [1.54, 1.807) is 11.3 Å². The first-order chi connectivity index (χ1) is 11.2. The maximum Gasteiger partial charge on any atom is 0.240 e. The highest BCUT2D eigenvalue weighted by atomic mass is 32.1. The molecule has 2 aliphatic rings. The highest BCUT2D eigenvalue weighted by Crippen LogP contribution is 2.37. The van der Waals surface area contributed by atoms with E-state index in [1.807, 2.05) is 16.3 Å². The van der Waals surface area contributed by atoms with E-state index in [9.17, 15) is 4.79 Å². The molecule has 1 atom stereocenters. The summed E-state index contributed by atoms with van der Waals surface area (Å²) in [4.78, 5) is 16.1. The molecule has 3 heterocycles. The number of thiophene rings is 1. The minimum Gasteiger partial charge on any atom is -0.396 e. The first-order valence-electron chi connectivity index (χ1n) is 8.59. The molecule has 1 spiro atoms. The summed E-state index contributed by atoms with van der Waals surface area (Å²) in [5.41, 5.74) is 0.303. The Labute approximate surface area is 142 Å². The van der Waals surface area contributed by atoms with Gasteiger partial charge in [0.25, 0.3) is 0 Å². The average Bonchev–Trinajstić information content (AvgIpc) is 3.22. The monoisotopic (exact) mass is 337 g/mol. The van der Waals surface area contributed by atoms with E-state index in [-0.39, 0.29) is 18.6 Å². The Morgan fingerprint density at radius 2 is 2.26 bits per heavy atom. The maximum absolute atomic E-state index is 13.0. The molecule has 2 fully saturated rings. The Morgan fingerprint density at radius 1 is 1.43 bits per heavy atom. The second kappa shape index (κ2) is 7.75. The molecule has 1 amide bonds. The molecule has 1 aromatic rings. The van der Waals surface area contributed by atoms with Gasteiger partial charge in [0.05, 0.1) is 12.6 Å². The molecular formula is C17H27N3O2S. The average molecular weight is 337 g/mol. The molecule has 1 aromatic heterocycles. The Balaban J connectivity index is 1.63. The van der Waals surface area contributed by atoms with Crippen LogP contribution in [0.4, 0.5) is 0 Å². The van der Waals surface area contributed by atoms with Crippen LogP contribution in [-0.4, -0.2) is 54.7 Å². The summed E-state index contributed by atoms with van der Waals surface area (Å²) in [7, 11) is 0. The molecular weight excluding hydrogens is 310 g/mol.